The van der Waals surface area contributed by atoms with Crippen LogP contribution in [0.1, 0.15) is 50.8 Å². The van der Waals surface area contributed by atoms with E-state index in [9.17, 15) is 9.59 Å². The number of carbonyl (C=O) groups excluding carboxylic acids is 1. The molecule has 0 amide bonds. The molecule has 29 heavy (non-hydrogen) atoms. The molecule has 3 aromatic rings. The first-order valence-electron chi connectivity index (χ1n) is 9.50. The third-order valence-electron chi connectivity index (χ3n) is 5.02. The monoisotopic (exact) mass is 417 g/mol. The van der Waals surface area contributed by atoms with Crippen LogP contribution in [0.2, 0.25) is 5.02 Å². The molecule has 3 rings (SSSR count). The minimum atomic E-state index is -0.628. The summed E-state index contributed by atoms with van der Waals surface area (Å²) in [4.78, 5) is 30.4. The molecule has 0 saturated heterocycles. The van der Waals surface area contributed by atoms with Gasteiger partial charge in [-0.2, -0.15) is 0 Å². The highest BCUT2D eigenvalue weighted by atomic mass is 35.5. The van der Waals surface area contributed by atoms with E-state index in [4.69, 9.17) is 21.2 Å². The molecule has 0 radical (unpaired) electrons. The number of aryl methyl sites for hydroxylation is 1. The van der Waals surface area contributed by atoms with Crippen molar-refractivity contribution in [2.75, 3.05) is 7.11 Å². The molecule has 0 N–H and O–H groups in total. The lowest BCUT2D eigenvalue weighted by atomic mass is 9.95. The summed E-state index contributed by atoms with van der Waals surface area (Å²) >= 11 is 6.41. The van der Waals surface area contributed by atoms with E-state index in [1.807, 2.05) is 13.0 Å². The van der Waals surface area contributed by atoms with E-state index in [0.717, 1.165) is 28.8 Å². The fraction of sp³-hybridized carbons (Fsp3) is 0.381. The number of carbonyl (C=O) groups is 1. The quantitative estimate of drug-likeness (QED) is 0.605. The summed E-state index contributed by atoms with van der Waals surface area (Å²) in [7, 11) is 1.53. The van der Waals surface area contributed by atoms with Gasteiger partial charge in [0.05, 0.1) is 12.1 Å². The van der Waals surface area contributed by atoms with Gasteiger partial charge in [-0.05, 0) is 55.5 Å². The van der Waals surface area contributed by atoms with E-state index in [2.05, 4.69) is 18.9 Å². The predicted molar refractivity (Wildman–Crippen MR) is 112 cm³/mol. The van der Waals surface area contributed by atoms with E-state index in [-0.39, 0.29) is 11.7 Å². The number of rotatable bonds is 6. The average Bonchev–Trinajstić information content (AvgIpc) is 3.01. The summed E-state index contributed by atoms with van der Waals surface area (Å²) in [5.74, 6) is 0.278. The molecule has 7 nitrogen and oxygen atoms in total. The Labute approximate surface area is 173 Å². The Morgan fingerprint density at radius 3 is 2.48 bits per heavy atom. The van der Waals surface area contributed by atoms with E-state index in [1.54, 1.807) is 22.7 Å². The molecule has 0 fully saturated rings. The molecule has 8 heteroatoms. The lowest BCUT2D eigenvalue weighted by molar-refractivity contribution is -0.141. The minimum Gasteiger partial charge on any atom is -0.497 e. The number of nitrogens with zero attached hydrogens (tertiary/aromatic N) is 3. The number of halogens is 1. The van der Waals surface area contributed by atoms with Gasteiger partial charge in [0, 0.05) is 18.2 Å². The molecule has 0 spiro atoms. The van der Waals surface area contributed by atoms with Crippen LogP contribution in [-0.2, 0) is 4.79 Å². The molecule has 0 bridgehead atoms. The van der Waals surface area contributed by atoms with Gasteiger partial charge in [-0.3, -0.25) is 4.79 Å². The summed E-state index contributed by atoms with van der Waals surface area (Å²) < 4.78 is 7.71. The van der Waals surface area contributed by atoms with Gasteiger partial charge in [0.2, 0.25) is 5.82 Å². The number of methoxy groups -OCH3 is 1. The van der Waals surface area contributed by atoms with Gasteiger partial charge in [-0.15, -0.1) is 9.83 Å². The zero-order valence-corrected chi connectivity index (χ0v) is 17.9. The molecular formula is C21H24ClN3O4. The Bertz CT molecular complexity index is 1130. The van der Waals surface area contributed by atoms with Crippen molar-refractivity contribution in [1.29, 1.82) is 0 Å². The third-order valence-corrected chi connectivity index (χ3v) is 5.33. The van der Waals surface area contributed by atoms with E-state index in [1.165, 1.54) is 14.0 Å². The summed E-state index contributed by atoms with van der Waals surface area (Å²) in [6, 6.07) is 6.96. The number of hydrogen-bond donors (Lipinski definition) is 0. The molecule has 0 aliphatic rings. The molecule has 0 saturated carbocycles. The van der Waals surface area contributed by atoms with Crippen LogP contribution in [0.25, 0.3) is 16.9 Å². The molecule has 2 aromatic heterocycles. The lowest BCUT2D eigenvalue weighted by Crippen LogP contribution is -2.34. The van der Waals surface area contributed by atoms with Crippen LogP contribution in [0, 0.1) is 6.92 Å². The average molecular weight is 418 g/mol. The number of aromatic nitrogens is 3. The zero-order chi connectivity index (χ0) is 21.3. The van der Waals surface area contributed by atoms with Gasteiger partial charge in [0.25, 0.3) is 0 Å². The Balaban J connectivity index is 2.38. The molecule has 0 atom stereocenters. The highest BCUT2D eigenvalue weighted by Gasteiger charge is 2.24. The van der Waals surface area contributed by atoms with E-state index >= 15 is 0 Å². The standard InChI is InChI=1S/C21H24ClN3O4/c1-6-14(7-2)17-10-12(3)24-19(17)21(27)25(29-13(4)26)20(23-24)16-9-8-15(28-5)11-18(16)22/h8-11,14H,6-7H2,1-5H3. The number of hydrogen-bond acceptors (Lipinski definition) is 5. The number of fused-ring (bicyclic) bond motifs is 1. The zero-order valence-electron chi connectivity index (χ0n) is 17.2. The summed E-state index contributed by atoms with van der Waals surface area (Å²) in [6.07, 6.45) is 1.77. The SMILES string of the molecule is CCC(CC)c1cc(C)n2nc(-c3ccc(OC)cc3Cl)n(OC(C)=O)c(=O)c12. The molecule has 0 unspecified atom stereocenters. The van der Waals surface area contributed by atoms with Gasteiger partial charge < -0.3 is 9.57 Å². The van der Waals surface area contributed by atoms with Crippen molar-refractivity contribution in [1.82, 2.24) is 14.3 Å². The largest absolute Gasteiger partial charge is 0.497 e. The van der Waals surface area contributed by atoms with Crippen molar-refractivity contribution < 1.29 is 14.4 Å². The smallest absolute Gasteiger partial charge is 0.330 e. The maximum absolute atomic E-state index is 13.4. The van der Waals surface area contributed by atoms with Crippen molar-refractivity contribution in [3.05, 3.63) is 50.9 Å². The van der Waals surface area contributed by atoms with Gasteiger partial charge in [-0.25, -0.2) is 9.31 Å². The van der Waals surface area contributed by atoms with Crippen LogP contribution in [-0.4, -0.2) is 27.4 Å². The summed E-state index contributed by atoms with van der Waals surface area (Å²) in [5, 5.41) is 4.94. The number of benzene rings is 1. The summed E-state index contributed by atoms with van der Waals surface area (Å²) in [6.45, 7) is 7.29. The topological polar surface area (TPSA) is 74.8 Å². The second kappa shape index (κ2) is 8.29. The maximum atomic E-state index is 13.4. The predicted octanol–water partition coefficient (Wildman–Crippen LogP) is 4.01. The second-order valence-corrected chi connectivity index (χ2v) is 7.27. The Morgan fingerprint density at radius 2 is 1.93 bits per heavy atom. The van der Waals surface area contributed by atoms with Crippen LogP contribution in [0.4, 0.5) is 0 Å². The van der Waals surface area contributed by atoms with Crippen molar-refractivity contribution in [2.45, 2.75) is 46.5 Å². The molecule has 0 aliphatic carbocycles. The normalized spacial score (nSPS) is 11.3. The molecule has 1 aromatic carbocycles. The Morgan fingerprint density at radius 1 is 1.24 bits per heavy atom. The highest BCUT2D eigenvalue weighted by Crippen LogP contribution is 2.31. The van der Waals surface area contributed by atoms with Crippen molar-refractivity contribution in [3.63, 3.8) is 0 Å². The fourth-order valence-corrected chi connectivity index (χ4v) is 3.80. The molecular weight excluding hydrogens is 394 g/mol. The van der Waals surface area contributed by atoms with Gasteiger partial charge >= 0.3 is 11.5 Å². The first-order chi connectivity index (χ1) is 13.8. The third kappa shape index (κ3) is 3.74. The molecule has 154 valence electrons. The Kier molecular flexibility index (Phi) is 5.98. The van der Waals surface area contributed by atoms with Crippen LogP contribution < -0.4 is 15.1 Å². The second-order valence-electron chi connectivity index (χ2n) is 6.87. The first-order valence-corrected chi connectivity index (χ1v) is 9.88. The van der Waals surface area contributed by atoms with Crippen LogP contribution in [0.15, 0.2) is 29.1 Å². The van der Waals surface area contributed by atoms with Crippen molar-refractivity contribution >= 4 is 23.1 Å². The van der Waals surface area contributed by atoms with E-state index < -0.39 is 11.5 Å². The molecule has 2 heterocycles. The van der Waals surface area contributed by atoms with E-state index in [0.29, 0.717) is 21.9 Å². The van der Waals surface area contributed by atoms with Crippen LogP contribution >= 0.6 is 11.6 Å². The summed E-state index contributed by atoms with van der Waals surface area (Å²) in [5.41, 5.74) is 2.13. The Hall–Kier alpha value is -2.80. The minimum absolute atomic E-state index is 0.139. The van der Waals surface area contributed by atoms with Gasteiger partial charge in [0.15, 0.2) is 0 Å². The van der Waals surface area contributed by atoms with Crippen LogP contribution in [0.5, 0.6) is 5.75 Å². The fourth-order valence-electron chi connectivity index (χ4n) is 3.54. The van der Waals surface area contributed by atoms with Crippen molar-refractivity contribution in [2.24, 2.45) is 0 Å². The first kappa shape index (κ1) is 20.9. The lowest BCUT2D eigenvalue weighted by Gasteiger charge is -2.15. The molecule has 0 aliphatic heterocycles. The maximum Gasteiger partial charge on any atom is 0.330 e. The highest BCUT2D eigenvalue weighted by molar-refractivity contribution is 6.33. The van der Waals surface area contributed by atoms with Gasteiger partial charge in [-0.1, -0.05) is 25.4 Å². The van der Waals surface area contributed by atoms with Gasteiger partial charge in [0.1, 0.15) is 11.3 Å². The number of ether oxygens (including phenoxy) is 1. The van der Waals surface area contributed by atoms with Crippen LogP contribution in [0.3, 0.4) is 0 Å². The van der Waals surface area contributed by atoms with Crippen molar-refractivity contribution in [3.8, 4) is 17.1 Å².